The summed E-state index contributed by atoms with van der Waals surface area (Å²) in [6.07, 6.45) is 2.56. The molecule has 4 nitrogen and oxygen atoms in total. The minimum atomic E-state index is 0.222. The van der Waals surface area contributed by atoms with Gasteiger partial charge in [0.05, 0.1) is 16.9 Å². The molecular formula is C14H19N3O. The summed E-state index contributed by atoms with van der Waals surface area (Å²) in [5.41, 5.74) is 8.70. The van der Waals surface area contributed by atoms with E-state index in [-0.39, 0.29) is 6.61 Å². The summed E-state index contributed by atoms with van der Waals surface area (Å²) in [6.45, 7) is 3.12. The van der Waals surface area contributed by atoms with Crippen molar-refractivity contribution < 1.29 is 5.11 Å². The maximum atomic E-state index is 8.87. The van der Waals surface area contributed by atoms with Crippen LogP contribution in [0, 0.1) is 5.92 Å². The quantitative estimate of drug-likeness (QED) is 0.706. The van der Waals surface area contributed by atoms with Crippen LogP contribution in [-0.4, -0.2) is 23.2 Å². The number of hydrogen-bond donors (Lipinski definition) is 3. The molecule has 2 rings (SSSR count). The van der Waals surface area contributed by atoms with Crippen LogP contribution in [0.15, 0.2) is 30.5 Å². The number of nitrogen functional groups attached to an aromatic ring is 1. The van der Waals surface area contributed by atoms with Gasteiger partial charge in [-0.2, -0.15) is 0 Å². The Bertz CT molecular complexity index is 527. The molecule has 0 spiro atoms. The van der Waals surface area contributed by atoms with Gasteiger partial charge in [0, 0.05) is 24.7 Å². The van der Waals surface area contributed by atoms with E-state index in [2.05, 4.69) is 17.2 Å². The third-order valence-electron chi connectivity index (χ3n) is 3.09. The number of pyridine rings is 1. The summed E-state index contributed by atoms with van der Waals surface area (Å²) in [4.78, 5) is 4.27. The number of aromatic nitrogens is 1. The molecule has 0 amide bonds. The molecule has 0 aliphatic rings. The molecule has 0 fully saturated rings. The lowest BCUT2D eigenvalue weighted by atomic mass is 10.1. The van der Waals surface area contributed by atoms with E-state index < -0.39 is 0 Å². The van der Waals surface area contributed by atoms with Gasteiger partial charge in [-0.3, -0.25) is 4.98 Å². The second-order valence-corrected chi connectivity index (χ2v) is 4.60. The Kier molecular flexibility index (Phi) is 3.99. The molecule has 0 aliphatic carbocycles. The first-order valence-corrected chi connectivity index (χ1v) is 6.20. The number of aliphatic hydroxyl groups excluding tert-OH is 1. The van der Waals surface area contributed by atoms with E-state index in [1.54, 1.807) is 6.20 Å². The van der Waals surface area contributed by atoms with Crippen LogP contribution < -0.4 is 11.1 Å². The van der Waals surface area contributed by atoms with Gasteiger partial charge in [-0.15, -0.1) is 0 Å². The molecule has 0 saturated carbocycles. The van der Waals surface area contributed by atoms with E-state index >= 15 is 0 Å². The third kappa shape index (κ3) is 2.71. The Balaban J connectivity index is 2.16. The van der Waals surface area contributed by atoms with Crippen LogP contribution in [0.5, 0.6) is 0 Å². The molecule has 96 valence electrons. The van der Waals surface area contributed by atoms with Crippen molar-refractivity contribution in [3.05, 3.63) is 30.5 Å². The molecule has 1 aromatic heterocycles. The molecule has 0 bridgehead atoms. The van der Waals surface area contributed by atoms with Crippen LogP contribution in [0.25, 0.3) is 10.9 Å². The molecule has 1 unspecified atom stereocenters. The first-order valence-electron chi connectivity index (χ1n) is 6.20. The molecule has 0 aliphatic heterocycles. The molecule has 4 heteroatoms. The van der Waals surface area contributed by atoms with Gasteiger partial charge >= 0.3 is 0 Å². The summed E-state index contributed by atoms with van der Waals surface area (Å²) in [5.74, 6) is 0.416. The minimum absolute atomic E-state index is 0.222. The SMILES string of the molecule is CC(CCO)CNc1ccc2ncccc2c1N. The number of benzene rings is 1. The Labute approximate surface area is 107 Å². The highest BCUT2D eigenvalue weighted by Crippen LogP contribution is 2.27. The summed E-state index contributed by atoms with van der Waals surface area (Å²) >= 11 is 0. The van der Waals surface area contributed by atoms with Gasteiger partial charge in [0.15, 0.2) is 0 Å². The summed E-state index contributed by atoms with van der Waals surface area (Å²) in [5, 5.41) is 13.2. The van der Waals surface area contributed by atoms with Crippen LogP contribution in [0.4, 0.5) is 11.4 Å². The summed E-state index contributed by atoms with van der Waals surface area (Å²) in [6, 6.07) is 7.78. The van der Waals surface area contributed by atoms with E-state index in [4.69, 9.17) is 10.8 Å². The van der Waals surface area contributed by atoms with Crippen molar-refractivity contribution in [1.82, 2.24) is 4.98 Å². The van der Waals surface area contributed by atoms with Gasteiger partial charge in [-0.1, -0.05) is 6.92 Å². The van der Waals surface area contributed by atoms with E-state index in [0.717, 1.165) is 35.2 Å². The smallest absolute Gasteiger partial charge is 0.0724 e. The highest BCUT2D eigenvalue weighted by Gasteiger charge is 2.06. The zero-order chi connectivity index (χ0) is 13.0. The van der Waals surface area contributed by atoms with Crippen molar-refractivity contribution in [3.8, 4) is 0 Å². The average Bonchev–Trinajstić information content (AvgIpc) is 2.39. The van der Waals surface area contributed by atoms with Crippen LogP contribution in [0.2, 0.25) is 0 Å². The number of rotatable bonds is 5. The average molecular weight is 245 g/mol. The monoisotopic (exact) mass is 245 g/mol. The summed E-state index contributed by atoms with van der Waals surface area (Å²) < 4.78 is 0. The van der Waals surface area contributed by atoms with Crippen LogP contribution in [0.3, 0.4) is 0 Å². The van der Waals surface area contributed by atoms with Gasteiger partial charge in [-0.25, -0.2) is 0 Å². The number of nitrogens with zero attached hydrogens (tertiary/aromatic N) is 1. The van der Waals surface area contributed by atoms with Crippen molar-refractivity contribution in [2.75, 3.05) is 24.2 Å². The second-order valence-electron chi connectivity index (χ2n) is 4.60. The number of nitrogens with one attached hydrogen (secondary N) is 1. The lowest BCUT2D eigenvalue weighted by molar-refractivity contribution is 0.266. The molecule has 1 atom stereocenters. The third-order valence-corrected chi connectivity index (χ3v) is 3.09. The fourth-order valence-electron chi connectivity index (χ4n) is 1.94. The fraction of sp³-hybridized carbons (Fsp3) is 0.357. The van der Waals surface area contributed by atoms with Crippen LogP contribution >= 0.6 is 0 Å². The zero-order valence-corrected chi connectivity index (χ0v) is 10.6. The Morgan fingerprint density at radius 1 is 1.39 bits per heavy atom. The van der Waals surface area contributed by atoms with E-state index in [1.807, 2.05) is 24.3 Å². The van der Waals surface area contributed by atoms with E-state index in [9.17, 15) is 0 Å². The fourth-order valence-corrected chi connectivity index (χ4v) is 1.94. The number of nitrogens with two attached hydrogens (primary N) is 1. The molecule has 0 radical (unpaired) electrons. The van der Waals surface area contributed by atoms with Crippen molar-refractivity contribution in [2.24, 2.45) is 5.92 Å². The van der Waals surface area contributed by atoms with Gasteiger partial charge in [0.2, 0.25) is 0 Å². The lowest BCUT2D eigenvalue weighted by Gasteiger charge is -2.15. The highest BCUT2D eigenvalue weighted by atomic mass is 16.3. The topological polar surface area (TPSA) is 71.2 Å². The number of fused-ring (bicyclic) bond motifs is 1. The Hall–Kier alpha value is -1.81. The lowest BCUT2D eigenvalue weighted by Crippen LogP contribution is -2.13. The predicted molar refractivity (Wildman–Crippen MR) is 75.5 cm³/mol. The molecular weight excluding hydrogens is 226 g/mol. The maximum Gasteiger partial charge on any atom is 0.0724 e. The number of hydrogen-bond acceptors (Lipinski definition) is 4. The standard InChI is InChI=1S/C14H19N3O/c1-10(6-8-18)9-17-13-5-4-12-11(14(13)15)3-2-7-16-12/h2-5,7,10,17-18H,6,8-9,15H2,1H3. The zero-order valence-electron chi connectivity index (χ0n) is 10.6. The van der Waals surface area contributed by atoms with Gasteiger partial charge in [0.1, 0.15) is 0 Å². The van der Waals surface area contributed by atoms with Crippen LogP contribution in [-0.2, 0) is 0 Å². The Morgan fingerprint density at radius 2 is 2.22 bits per heavy atom. The first-order chi connectivity index (χ1) is 8.72. The highest BCUT2D eigenvalue weighted by molar-refractivity contribution is 5.96. The minimum Gasteiger partial charge on any atom is -0.397 e. The first kappa shape index (κ1) is 12.6. The Morgan fingerprint density at radius 3 is 3.00 bits per heavy atom. The second kappa shape index (κ2) is 5.69. The number of anilines is 2. The normalized spacial score (nSPS) is 12.6. The molecule has 2 aromatic rings. The largest absolute Gasteiger partial charge is 0.397 e. The van der Waals surface area contributed by atoms with Crippen molar-refractivity contribution >= 4 is 22.3 Å². The van der Waals surface area contributed by atoms with Crippen LogP contribution in [0.1, 0.15) is 13.3 Å². The molecule has 1 heterocycles. The molecule has 18 heavy (non-hydrogen) atoms. The van der Waals surface area contributed by atoms with E-state index in [0.29, 0.717) is 5.92 Å². The van der Waals surface area contributed by atoms with E-state index in [1.165, 1.54) is 0 Å². The maximum absolute atomic E-state index is 8.87. The molecule has 0 saturated heterocycles. The summed E-state index contributed by atoms with van der Waals surface area (Å²) in [7, 11) is 0. The van der Waals surface area contributed by atoms with Gasteiger partial charge < -0.3 is 16.2 Å². The molecule has 4 N–H and O–H groups in total. The van der Waals surface area contributed by atoms with Crippen molar-refractivity contribution in [1.29, 1.82) is 0 Å². The van der Waals surface area contributed by atoms with Crippen molar-refractivity contribution in [2.45, 2.75) is 13.3 Å². The van der Waals surface area contributed by atoms with Gasteiger partial charge in [-0.05, 0) is 36.6 Å². The number of aliphatic hydroxyl groups is 1. The van der Waals surface area contributed by atoms with Gasteiger partial charge in [0.25, 0.3) is 0 Å². The molecule has 1 aromatic carbocycles. The van der Waals surface area contributed by atoms with Crippen molar-refractivity contribution in [3.63, 3.8) is 0 Å². The predicted octanol–water partition coefficient (Wildman–Crippen LogP) is 2.25.